The molecule has 0 amide bonds. The van der Waals surface area contributed by atoms with Crippen molar-refractivity contribution in [3.05, 3.63) is 35.4 Å². The van der Waals surface area contributed by atoms with Gasteiger partial charge >= 0.3 is 5.97 Å². The summed E-state index contributed by atoms with van der Waals surface area (Å²) in [4.78, 5) is 10.5. The van der Waals surface area contributed by atoms with Gasteiger partial charge in [-0.1, -0.05) is 43.0 Å². The number of nitrogens with zero attached hydrogens (tertiary/aromatic N) is 4. The predicted octanol–water partition coefficient (Wildman–Crippen LogP) is 1.46. The fourth-order valence-corrected chi connectivity index (χ4v) is 2.18. The lowest BCUT2D eigenvalue weighted by Crippen LogP contribution is -2.06. The minimum Gasteiger partial charge on any atom is -0.481 e. The minimum atomic E-state index is -0.883. The summed E-state index contributed by atoms with van der Waals surface area (Å²) in [7, 11) is 0. The Bertz CT molecular complexity index is 553. The number of carboxylic acid groups (broad SMARTS) is 1. The van der Waals surface area contributed by atoms with Crippen molar-refractivity contribution in [2.45, 2.75) is 25.0 Å². The van der Waals surface area contributed by atoms with Gasteiger partial charge in [-0.25, -0.2) is 4.68 Å². The first kappa shape index (κ1) is 13.5. The van der Waals surface area contributed by atoms with Crippen molar-refractivity contribution in [3.8, 4) is 0 Å². The molecule has 1 heterocycles. The zero-order valence-corrected chi connectivity index (χ0v) is 11.3. The molecule has 7 heteroatoms. The quantitative estimate of drug-likeness (QED) is 0.806. The normalized spacial score (nSPS) is 10.6. The van der Waals surface area contributed by atoms with Crippen molar-refractivity contribution in [1.29, 1.82) is 0 Å². The second kappa shape index (κ2) is 6.33. The fourth-order valence-electron chi connectivity index (χ4n) is 1.58. The lowest BCUT2D eigenvalue weighted by atomic mass is 10.1. The monoisotopic (exact) mass is 278 g/mol. The molecule has 0 aliphatic heterocycles. The average Bonchev–Trinajstić information content (AvgIpc) is 2.84. The van der Waals surface area contributed by atoms with E-state index in [9.17, 15) is 4.79 Å². The van der Waals surface area contributed by atoms with E-state index in [0.29, 0.717) is 11.7 Å². The van der Waals surface area contributed by atoms with Crippen LogP contribution in [0.2, 0.25) is 0 Å². The van der Waals surface area contributed by atoms with E-state index in [1.54, 1.807) is 4.68 Å². The first-order valence-electron chi connectivity index (χ1n) is 5.87. The molecule has 0 unspecified atom stereocenters. The maximum Gasteiger partial charge on any atom is 0.313 e. The van der Waals surface area contributed by atoms with Crippen molar-refractivity contribution in [2.75, 3.05) is 5.75 Å². The van der Waals surface area contributed by atoms with Gasteiger partial charge in [0.2, 0.25) is 5.16 Å². The Kier molecular flexibility index (Phi) is 4.51. The molecule has 0 spiro atoms. The molecule has 0 bridgehead atoms. The highest BCUT2D eigenvalue weighted by atomic mass is 32.2. The van der Waals surface area contributed by atoms with E-state index < -0.39 is 5.97 Å². The summed E-state index contributed by atoms with van der Waals surface area (Å²) >= 11 is 1.12. The summed E-state index contributed by atoms with van der Waals surface area (Å²) in [5.74, 6) is -0.929. The van der Waals surface area contributed by atoms with Gasteiger partial charge in [0.25, 0.3) is 0 Å². The Labute approximate surface area is 114 Å². The number of thioether (sulfide) groups is 1. The number of carboxylic acids is 1. The Balaban J connectivity index is 2.05. The van der Waals surface area contributed by atoms with Crippen LogP contribution in [0, 0.1) is 0 Å². The summed E-state index contributed by atoms with van der Waals surface area (Å²) in [5, 5.41) is 20.4. The SMILES string of the molecule is CCc1ccc(Cn2nnnc2SCC(=O)O)cc1. The van der Waals surface area contributed by atoms with Crippen LogP contribution in [0.1, 0.15) is 18.1 Å². The summed E-state index contributed by atoms with van der Waals surface area (Å²) in [5.41, 5.74) is 2.36. The third kappa shape index (κ3) is 3.78. The molecule has 0 radical (unpaired) electrons. The summed E-state index contributed by atoms with van der Waals surface area (Å²) < 4.78 is 1.61. The average molecular weight is 278 g/mol. The summed E-state index contributed by atoms with van der Waals surface area (Å²) in [6.07, 6.45) is 1.00. The number of tetrazole rings is 1. The van der Waals surface area contributed by atoms with Crippen LogP contribution in [0.25, 0.3) is 0 Å². The first-order chi connectivity index (χ1) is 9.19. The molecule has 0 saturated heterocycles. The third-order valence-electron chi connectivity index (χ3n) is 2.59. The Morgan fingerprint density at radius 2 is 2.00 bits per heavy atom. The largest absolute Gasteiger partial charge is 0.481 e. The van der Waals surface area contributed by atoms with Crippen LogP contribution < -0.4 is 0 Å². The molecular weight excluding hydrogens is 264 g/mol. The van der Waals surface area contributed by atoms with Crippen molar-refractivity contribution in [3.63, 3.8) is 0 Å². The van der Waals surface area contributed by atoms with E-state index in [2.05, 4.69) is 34.6 Å². The first-order valence-corrected chi connectivity index (χ1v) is 6.86. The van der Waals surface area contributed by atoms with E-state index >= 15 is 0 Å². The van der Waals surface area contributed by atoms with E-state index in [4.69, 9.17) is 5.11 Å². The molecule has 0 aliphatic carbocycles. The molecule has 1 aromatic carbocycles. The number of aryl methyl sites for hydroxylation is 1. The molecule has 19 heavy (non-hydrogen) atoms. The molecule has 0 atom stereocenters. The Morgan fingerprint density at radius 1 is 1.32 bits per heavy atom. The molecule has 2 aromatic rings. The van der Waals surface area contributed by atoms with Gasteiger partial charge in [-0.3, -0.25) is 4.79 Å². The second-order valence-electron chi connectivity index (χ2n) is 3.97. The molecule has 0 saturated carbocycles. The summed E-state index contributed by atoms with van der Waals surface area (Å²) in [6.45, 7) is 2.65. The predicted molar refractivity (Wildman–Crippen MR) is 71.1 cm³/mol. The minimum absolute atomic E-state index is 0.0465. The molecular formula is C12H14N4O2S. The molecule has 2 rings (SSSR count). The van der Waals surface area contributed by atoms with E-state index in [0.717, 1.165) is 23.7 Å². The van der Waals surface area contributed by atoms with Crippen molar-refractivity contribution in [1.82, 2.24) is 20.2 Å². The molecule has 0 aliphatic rings. The molecule has 100 valence electrons. The number of aliphatic carboxylic acids is 1. The van der Waals surface area contributed by atoms with Crippen LogP contribution in [0.5, 0.6) is 0 Å². The molecule has 0 fully saturated rings. The standard InChI is InChI=1S/C12H14N4O2S/c1-2-9-3-5-10(6-4-9)7-16-12(13-14-15-16)19-8-11(17)18/h3-6H,2,7-8H2,1H3,(H,17,18). The van der Waals surface area contributed by atoms with Gasteiger partial charge < -0.3 is 5.11 Å². The lowest BCUT2D eigenvalue weighted by Gasteiger charge is -2.04. The summed E-state index contributed by atoms with van der Waals surface area (Å²) in [6, 6.07) is 8.21. The van der Waals surface area contributed by atoms with E-state index in [1.807, 2.05) is 12.1 Å². The Hall–Kier alpha value is -1.89. The Morgan fingerprint density at radius 3 is 2.63 bits per heavy atom. The van der Waals surface area contributed by atoms with Crippen molar-refractivity contribution in [2.24, 2.45) is 0 Å². The third-order valence-corrected chi connectivity index (χ3v) is 3.53. The number of carbonyl (C=O) groups is 1. The number of benzene rings is 1. The van der Waals surface area contributed by atoms with Gasteiger partial charge in [-0.15, -0.1) is 5.10 Å². The lowest BCUT2D eigenvalue weighted by molar-refractivity contribution is -0.133. The highest BCUT2D eigenvalue weighted by Crippen LogP contribution is 2.15. The highest BCUT2D eigenvalue weighted by Gasteiger charge is 2.09. The van der Waals surface area contributed by atoms with E-state index in [1.165, 1.54) is 5.56 Å². The van der Waals surface area contributed by atoms with Crippen LogP contribution in [0.15, 0.2) is 29.4 Å². The zero-order valence-electron chi connectivity index (χ0n) is 10.5. The van der Waals surface area contributed by atoms with Crippen LogP contribution >= 0.6 is 11.8 Å². The van der Waals surface area contributed by atoms with Crippen LogP contribution in [-0.4, -0.2) is 37.0 Å². The number of hydrogen-bond donors (Lipinski definition) is 1. The van der Waals surface area contributed by atoms with Crippen molar-refractivity contribution >= 4 is 17.7 Å². The maximum atomic E-state index is 10.5. The second-order valence-corrected chi connectivity index (χ2v) is 4.91. The van der Waals surface area contributed by atoms with Crippen molar-refractivity contribution < 1.29 is 9.90 Å². The highest BCUT2D eigenvalue weighted by molar-refractivity contribution is 7.99. The van der Waals surface area contributed by atoms with Crippen LogP contribution in [0.3, 0.4) is 0 Å². The number of hydrogen-bond acceptors (Lipinski definition) is 5. The van der Waals surface area contributed by atoms with Gasteiger partial charge in [0.1, 0.15) is 0 Å². The van der Waals surface area contributed by atoms with Gasteiger partial charge in [0.05, 0.1) is 12.3 Å². The molecule has 6 nitrogen and oxygen atoms in total. The fraction of sp³-hybridized carbons (Fsp3) is 0.333. The smallest absolute Gasteiger partial charge is 0.313 e. The zero-order chi connectivity index (χ0) is 13.7. The molecule has 1 N–H and O–H groups in total. The van der Waals surface area contributed by atoms with Crippen LogP contribution in [0.4, 0.5) is 0 Å². The number of aromatic nitrogens is 4. The number of rotatable bonds is 6. The van der Waals surface area contributed by atoms with Gasteiger partial charge in [-0.05, 0) is 28.0 Å². The van der Waals surface area contributed by atoms with Gasteiger partial charge in [0, 0.05) is 0 Å². The molecule has 1 aromatic heterocycles. The van der Waals surface area contributed by atoms with Gasteiger partial charge in [-0.2, -0.15) is 0 Å². The van der Waals surface area contributed by atoms with Gasteiger partial charge in [0.15, 0.2) is 0 Å². The van der Waals surface area contributed by atoms with E-state index in [-0.39, 0.29) is 5.75 Å². The maximum absolute atomic E-state index is 10.5. The van der Waals surface area contributed by atoms with Crippen LogP contribution in [-0.2, 0) is 17.8 Å². The topological polar surface area (TPSA) is 80.9 Å².